The van der Waals surface area contributed by atoms with E-state index in [1.807, 2.05) is 6.07 Å². The Labute approximate surface area is 160 Å². The van der Waals surface area contributed by atoms with E-state index in [0.717, 1.165) is 18.2 Å². The number of rotatable bonds is 4. The number of nitrogens with zero attached hydrogens (tertiary/aromatic N) is 3. The number of carbonyl (C=O) groups is 2. The first-order valence-electron chi connectivity index (χ1n) is 8.51. The van der Waals surface area contributed by atoms with Crippen molar-refractivity contribution in [1.82, 2.24) is 9.80 Å². The zero-order chi connectivity index (χ0) is 20.6. The summed E-state index contributed by atoms with van der Waals surface area (Å²) >= 11 is 0. The van der Waals surface area contributed by atoms with Crippen LogP contribution in [0.3, 0.4) is 0 Å². The molecule has 2 aromatic carbocycles. The van der Waals surface area contributed by atoms with Gasteiger partial charge < -0.3 is 9.80 Å². The molecule has 3 rings (SSSR count). The van der Waals surface area contributed by atoms with Gasteiger partial charge in [0.05, 0.1) is 4.92 Å². The highest BCUT2D eigenvalue weighted by Crippen LogP contribution is 2.33. The summed E-state index contributed by atoms with van der Waals surface area (Å²) in [5.74, 6) is -1.92. The molecule has 0 aromatic heterocycles. The van der Waals surface area contributed by atoms with Crippen LogP contribution >= 0.6 is 0 Å². The molecule has 1 heterocycles. The van der Waals surface area contributed by atoms with Gasteiger partial charge >= 0.3 is 0 Å². The number of hydrogen-bond acceptors (Lipinski definition) is 4. The van der Waals surface area contributed by atoms with Crippen LogP contribution in [0, 0.1) is 15.9 Å². The molecule has 1 fully saturated rings. The molecule has 2 atom stereocenters. The van der Waals surface area contributed by atoms with E-state index in [1.54, 1.807) is 24.3 Å². The monoisotopic (exact) mass is 383 g/mol. The van der Waals surface area contributed by atoms with Crippen molar-refractivity contribution in [1.29, 1.82) is 0 Å². The van der Waals surface area contributed by atoms with E-state index in [1.165, 1.54) is 23.8 Å². The molecule has 1 aliphatic rings. The average molecular weight is 383 g/mol. The van der Waals surface area contributed by atoms with Gasteiger partial charge in [-0.15, -0.1) is 0 Å². The van der Waals surface area contributed by atoms with Gasteiger partial charge in [0.2, 0.25) is 5.91 Å². The highest BCUT2D eigenvalue weighted by molar-refractivity contribution is 6.03. The maximum Gasteiger partial charge on any atom is 0.282 e. The number of benzene rings is 2. The molecule has 2 aromatic rings. The van der Waals surface area contributed by atoms with Gasteiger partial charge in [-0.05, 0) is 30.2 Å². The quantitative estimate of drug-likeness (QED) is 0.600. The van der Waals surface area contributed by atoms with E-state index in [-0.39, 0.29) is 5.91 Å². The SMILES string of the molecule is C=C(c1ccccc1)[C@@H]1N(C)C(=O)[C@H](C)N1C(=O)c1cc(F)ccc1[N+](=O)[O-]. The number of halogens is 1. The van der Waals surface area contributed by atoms with Gasteiger partial charge in [0, 0.05) is 13.1 Å². The summed E-state index contributed by atoms with van der Waals surface area (Å²) in [7, 11) is 1.53. The zero-order valence-corrected chi connectivity index (χ0v) is 15.3. The van der Waals surface area contributed by atoms with E-state index in [2.05, 4.69) is 6.58 Å². The van der Waals surface area contributed by atoms with E-state index in [0.29, 0.717) is 11.1 Å². The summed E-state index contributed by atoms with van der Waals surface area (Å²) in [5.41, 5.74) is 0.261. The number of nitro benzene ring substituents is 1. The summed E-state index contributed by atoms with van der Waals surface area (Å²) in [6.45, 7) is 5.56. The molecule has 0 N–H and O–H groups in total. The van der Waals surface area contributed by atoms with Crippen molar-refractivity contribution in [3.8, 4) is 0 Å². The Morgan fingerprint density at radius 2 is 1.86 bits per heavy atom. The summed E-state index contributed by atoms with van der Waals surface area (Å²) in [6, 6.07) is 10.8. The van der Waals surface area contributed by atoms with Crippen molar-refractivity contribution >= 4 is 23.1 Å². The Balaban J connectivity index is 2.09. The molecule has 8 heteroatoms. The molecule has 0 spiro atoms. The van der Waals surface area contributed by atoms with Crippen LogP contribution in [-0.2, 0) is 4.79 Å². The Morgan fingerprint density at radius 3 is 2.46 bits per heavy atom. The lowest BCUT2D eigenvalue weighted by Crippen LogP contribution is -2.44. The van der Waals surface area contributed by atoms with Crippen molar-refractivity contribution in [3.63, 3.8) is 0 Å². The molecule has 0 bridgehead atoms. The van der Waals surface area contributed by atoms with Gasteiger partial charge in [0.1, 0.15) is 23.6 Å². The van der Waals surface area contributed by atoms with Crippen molar-refractivity contribution in [3.05, 3.63) is 82.2 Å². The molecule has 0 radical (unpaired) electrons. The fraction of sp³-hybridized carbons (Fsp3) is 0.200. The molecule has 144 valence electrons. The largest absolute Gasteiger partial charge is 0.319 e. The Hall–Kier alpha value is -3.55. The van der Waals surface area contributed by atoms with Crippen LogP contribution in [0.15, 0.2) is 55.1 Å². The highest BCUT2D eigenvalue weighted by atomic mass is 19.1. The lowest BCUT2D eigenvalue weighted by molar-refractivity contribution is -0.385. The second-order valence-electron chi connectivity index (χ2n) is 6.52. The first kappa shape index (κ1) is 19.2. The lowest BCUT2D eigenvalue weighted by atomic mass is 10.0. The topological polar surface area (TPSA) is 83.8 Å². The maximum absolute atomic E-state index is 13.7. The third-order valence-electron chi connectivity index (χ3n) is 4.83. The molecule has 7 nitrogen and oxygen atoms in total. The Kier molecular flexibility index (Phi) is 4.96. The van der Waals surface area contributed by atoms with Crippen LogP contribution in [0.4, 0.5) is 10.1 Å². The molecule has 1 aliphatic heterocycles. The fourth-order valence-electron chi connectivity index (χ4n) is 3.40. The maximum atomic E-state index is 13.7. The third-order valence-corrected chi connectivity index (χ3v) is 4.83. The molecule has 2 amide bonds. The molecule has 28 heavy (non-hydrogen) atoms. The minimum absolute atomic E-state index is 0.338. The summed E-state index contributed by atoms with van der Waals surface area (Å²) in [5, 5.41) is 11.3. The van der Waals surface area contributed by atoms with Crippen molar-refractivity contribution in [2.75, 3.05) is 7.05 Å². The minimum atomic E-state index is -0.883. The average Bonchev–Trinajstić information content (AvgIpc) is 2.91. The molecular weight excluding hydrogens is 365 g/mol. The van der Waals surface area contributed by atoms with Crippen LogP contribution in [0.5, 0.6) is 0 Å². The van der Waals surface area contributed by atoms with Crippen LogP contribution in [0.2, 0.25) is 0 Å². The normalized spacial score (nSPS) is 19.0. The second kappa shape index (κ2) is 7.22. The Morgan fingerprint density at radius 1 is 1.21 bits per heavy atom. The summed E-state index contributed by atoms with van der Waals surface area (Å²) in [6.07, 6.45) is -0.847. The van der Waals surface area contributed by atoms with Gasteiger partial charge in [-0.2, -0.15) is 0 Å². The number of likely N-dealkylation sites (N-methyl/N-ethyl adjacent to an activating group) is 1. The zero-order valence-electron chi connectivity index (χ0n) is 15.3. The number of amides is 2. The number of nitro groups is 1. The second-order valence-corrected chi connectivity index (χ2v) is 6.52. The molecule has 0 saturated carbocycles. The minimum Gasteiger partial charge on any atom is -0.319 e. The highest BCUT2D eigenvalue weighted by Gasteiger charge is 2.47. The van der Waals surface area contributed by atoms with Crippen molar-refractivity contribution < 1.29 is 18.9 Å². The van der Waals surface area contributed by atoms with Gasteiger partial charge in [0.25, 0.3) is 11.6 Å². The summed E-state index contributed by atoms with van der Waals surface area (Å²) < 4.78 is 13.7. The predicted octanol–water partition coefficient (Wildman–Crippen LogP) is 3.08. The smallest absolute Gasteiger partial charge is 0.282 e. The van der Waals surface area contributed by atoms with Gasteiger partial charge in [0.15, 0.2) is 0 Å². The van der Waals surface area contributed by atoms with E-state index in [4.69, 9.17) is 0 Å². The van der Waals surface area contributed by atoms with E-state index >= 15 is 0 Å². The van der Waals surface area contributed by atoms with Gasteiger partial charge in [-0.3, -0.25) is 19.7 Å². The van der Waals surface area contributed by atoms with E-state index in [9.17, 15) is 24.1 Å². The first-order valence-corrected chi connectivity index (χ1v) is 8.51. The summed E-state index contributed by atoms with van der Waals surface area (Å²) in [4.78, 5) is 38.9. The van der Waals surface area contributed by atoms with Crippen LogP contribution in [0.1, 0.15) is 22.8 Å². The predicted molar refractivity (Wildman–Crippen MR) is 101 cm³/mol. The first-order chi connectivity index (χ1) is 13.2. The standard InChI is InChI=1S/C20H18FN3O4/c1-12(14-7-5-4-6-8-14)18-22(3)19(25)13(2)23(18)20(26)16-11-15(21)9-10-17(16)24(27)28/h4-11,13,18H,1H2,2-3H3/t13-,18+/m0/s1. The van der Waals surface area contributed by atoms with Crippen molar-refractivity contribution in [2.24, 2.45) is 0 Å². The van der Waals surface area contributed by atoms with Crippen LogP contribution in [-0.4, -0.2) is 45.8 Å². The number of hydrogen-bond donors (Lipinski definition) is 0. The molecule has 0 unspecified atom stereocenters. The molecule has 0 aliphatic carbocycles. The van der Waals surface area contributed by atoms with Crippen molar-refractivity contribution in [2.45, 2.75) is 19.1 Å². The third kappa shape index (κ3) is 3.13. The number of carbonyl (C=O) groups excluding carboxylic acids is 2. The van der Waals surface area contributed by atoms with Crippen LogP contribution < -0.4 is 0 Å². The van der Waals surface area contributed by atoms with Gasteiger partial charge in [-0.25, -0.2) is 4.39 Å². The molecular formula is C20H18FN3O4. The molecule has 1 saturated heterocycles. The van der Waals surface area contributed by atoms with E-state index < -0.39 is 40.1 Å². The Bertz CT molecular complexity index is 977. The van der Waals surface area contributed by atoms with Gasteiger partial charge in [-0.1, -0.05) is 36.9 Å². The lowest BCUT2D eigenvalue weighted by Gasteiger charge is -2.31. The van der Waals surface area contributed by atoms with Crippen LogP contribution in [0.25, 0.3) is 5.57 Å². The fourth-order valence-corrected chi connectivity index (χ4v) is 3.40.